The summed E-state index contributed by atoms with van der Waals surface area (Å²) in [6.07, 6.45) is -5.57. The first-order valence-electron chi connectivity index (χ1n) is 25.9. The van der Waals surface area contributed by atoms with Crippen LogP contribution in [0.1, 0.15) is 79.1 Å². The molecular weight excluding hydrogens is 1000 g/mol. The third kappa shape index (κ3) is 19.6. The molecule has 4 aliphatic rings. The quantitative estimate of drug-likeness (QED) is 0.127. The molecule has 4 heterocycles. The highest BCUT2D eigenvalue weighted by Crippen LogP contribution is 2.39. The summed E-state index contributed by atoms with van der Waals surface area (Å²) in [5.41, 5.74) is 6.10. The molecule has 23 heteroatoms. The van der Waals surface area contributed by atoms with Gasteiger partial charge in [-0.25, -0.2) is 0 Å². The van der Waals surface area contributed by atoms with Gasteiger partial charge in [0.2, 0.25) is 5.91 Å². The Bertz CT molecular complexity index is 1990. The molecule has 0 aromatic heterocycles. The molecule has 4 unspecified atom stereocenters. The number of amides is 1. The molecule has 0 aromatic carbocycles. The van der Waals surface area contributed by atoms with E-state index in [2.05, 4.69) is 5.32 Å². The second-order valence-corrected chi connectivity index (χ2v) is 20.5. The van der Waals surface area contributed by atoms with Crippen LogP contribution in [-0.2, 0) is 33.3 Å². The van der Waals surface area contributed by atoms with Crippen LogP contribution in [-0.4, -0.2) is 218 Å². The fourth-order valence-corrected chi connectivity index (χ4v) is 9.50. The second kappa shape index (κ2) is 31.2. The monoisotopic (exact) mass is 1080 g/mol. The average Bonchev–Trinajstić information content (AvgIpc) is 3.35. The number of aliphatic hydroxyl groups is 14. The number of aliphatic hydroxyl groups excluding tert-OH is 13. The smallest absolute Gasteiger partial charge is 0.308 e. The van der Waals surface area contributed by atoms with Crippen LogP contribution >= 0.6 is 0 Å². The topological polar surface area (TPSA) is 402 Å². The SMILES string of the molecule is C[C@@H]1[C@H](O)[C@@H](C)C=CC=CC=CC=CC=CC=CC=C[C@H](OC2O[C@H](C)[C@@H](O)[C@H](N)[C@@H]2O)CC2O[C@](O)(C[C@@H](O)C[C@@H](O)[C@H](O)CC[C@@H](O)C[C@@H](O)CC(=O)O[C@H]1C)C[C@H](O)C2C(=O)N[C@H]1C(O)O[C@H](CO)[C@H](O)[C@@H]1O. The molecule has 3 saturated heterocycles. The van der Waals surface area contributed by atoms with E-state index in [-0.39, 0.29) is 25.2 Å². The lowest BCUT2D eigenvalue weighted by atomic mass is 9.81. The maximum Gasteiger partial charge on any atom is 0.308 e. The van der Waals surface area contributed by atoms with Gasteiger partial charge in [0.25, 0.3) is 0 Å². The van der Waals surface area contributed by atoms with Crippen molar-refractivity contribution >= 4 is 11.9 Å². The summed E-state index contributed by atoms with van der Waals surface area (Å²) in [5, 5.41) is 154. The summed E-state index contributed by atoms with van der Waals surface area (Å²) in [7, 11) is 0. The van der Waals surface area contributed by atoms with Crippen molar-refractivity contribution in [2.24, 2.45) is 23.5 Å². The molecule has 76 heavy (non-hydrogen) atoms. The Morgan fingerprint density at radius 2 is 1.25 bits per heavy atom. The van der Waals surface area contributed by atoms with Gasteiger partial charge in [0, 0.05) is 37.5 Å². The molecule has 0 aromatic rings. The van der Waals surface area contributed by atoms with Crippen LogP contribution in [0.3, 0.4) is 0 Å². The van der Waals surface area contributed by atoms with Gasteiger partial charge in [-0.15, -0.1) is 0 Å². The minimum Gasteiger partial charge on any atom is -0.462 e. The normalized spacial score (nSPS) is 43.8. The first kappa shape index (κ1) is 64.9. The van der Waals surface area contributed by atoms with Crippen molar-refractivity contribution in [3.05, 3.63) is 85.1 Å². The molecule has 1 amide bonds. The summed E-state index contributed by atoms with van der Waals surface area (Å²) in [4.78, 5) is 26.9. The zero-order valence-corrected chi connectivity index (χ0v) is 43.4. The summed E-state index contributed by atoms with van der Waals surface area (Å²) < 4.78 is 28.8. The minimum absolute atomic E-state index is 0.154. The Kier molecular flexibility index (Phi) is 26.7. The molecular formula is C53H84N2O21. The first-order chi connectivity index (χ1) is 35.9. The van der Waals surface area contributed by atoms with Crippen LogP contribution < -0.4 is 11.1 Å². The fraction of sp³-hybridized carbons (Fsp3) is 0.698. The van der Waals surface area contributed by atoms with Crippen LogP contribution in [0.5, 0.6) is 0 Å². The van der Waals surface area contributed by atoms with E-state index in [1.807, 2.05) is 6.92 Å². The predicted molar refractivity (Wildman–Crippen MR) is 271 cm³/mol. The first-order valence-corrected chi connectivity index (χ1v) is 25.9. The van der Waals surface area contributed by atoms with Crippen LogP contribution in [0.2, 0.25) is 0 Å². The van der Waals surface area contributed by atoms with Crippen molar-refractivity contribution < 1.29 is 105 Å². The zero-order valence-electron chi connectivity index (χ0n) is 43.4. The predicted octanol–water partition coefficient (Wildman–Crippen LogP) is -2.46. The van der Waals surface area contributed by atoms with E-state index in [1.54, 1.807) is 92.8 Å². The molecule has 0 saturated carbocycles. The number of nitrogens with two attached hydrogens (primary N) is 1. The summed E-state index contributed by atoms with van der Waals surface area (Å²) in [5.74, 6) is -6.76. The number of hydrogen-bond donors (Lipinski definition) is 16. The largest absolute Gasteiger partial charge is 0.462 e. The van der Waals surface area contributed by atoms with Crippen LogP contribution in [0.4, 0.5) is 0 Å². The maximum atomic E-state index is 14.2. The Morgan fingerprint density at radius 3 is 1.86 bits per heavy atom. The van der Waals surface area contributed by atoms with Gasteiger partial charge in [-0.05, 0) is 33.1 Å². The number of ether oxygens (including phenoxy) is 5. The van der Waals surface area contributed by atoms with Gasteiger partial charge in [-0.3, -0.25) is 9.59 Å². The maximum absolute atomic E-state index is 14.2. The summed E-state index contributed by atoms with van der Waals surface area (Å²) in [6.45, 7) is 5.88. The third-order valence-corrected chi connectivity index (χ3v) is 14.2. The number of fused-ring (bicyclic) bond motifs is 2. The average molecular weight is 1090 g/mol. The molecule has 17 N–H and O–H groups in total. The van der Waals surface area contributed by atoms with Crippen molar-refractivity contribution in [3.63, 3.8) is 0 Å². The highest BCUT2D eigenvalue weighted by molar-refractivity contribution is 5.80. The van der Waals surface area contributed by atoms with Gasteiger partial charge in [0.1, 0.15) is 36.6 Å². The lowest BCUT2D eigenvalue weighted by Crippen LogP contribution is -2.66. The van der Waals surface area contributed by atoms with Gasteiger partial charge < -0.3 is 106 Å². The molecule has 3 fully saturated rings. The lowest BCUT2D eigenvalue weighted by molar-refractivity contribution is -0.307. The fourth-order valence-electron chi connectivity index (χ4n) is 9.50. The molecule has 24 atom stereocenters. The van der Waals surface area contributed by atoms with E-state index in [1.165, 1.54) is 13.0 Å². The zero-order chi connectivity index (χ0) is 56.4. The van der Waals surface area contributed by atoms with Gasteiger partial charge >= 0.3 is 5.97 Å². The van der Waals surface area contributed by atoms with Crippen molar-refractivity contribution in [2.75, 3.05) is 6.61 Å². The van der Waals surface area contributed by atoms with Gasteiger partial charge in [-0.2, -0.15) is 0 Å². The van der Waals surface area contributed by atoms with E-state index in [0.717, 1.165) is 0 Å². The second-order valence-electron chi connectivity index (χ2n) is 20.5. The van der Waals surface area contributed by atoms with Crippen molar-refractivity contribution in [3.8, 4) is 0 Å². The van der Waals surface area contributed by atoms with Gasteiger partial charge in [-0.1, -0.05) is 98.9 Å². The molecule has 0 aliphatic carbocycles. The third-order valence-electron chi connectivity index (χ3n) is 14.2. The summed E-state index contributed by atoms with van der Waals surface area (Å²) in [6, 6.07) is -2.93. The number of allylic oxidation sites excluding steroid dienone is 12. The standard InChI is InChI=1S/C53H84N2O21/c1-28-17-15-13-11-9-7-5-6-8-10-12-14-16-18-35(74-52-48(67)43(54)46(65)31(4)73-52)24-39-42(50(69)55-44-49(68)47(66)40(27-56)75-51(44)70)38(62)26-53(71,76-39)25-34(59)22-37(61)36(60)20-19-32(57)21-33(58)23-41(63)72-30(3)29(2)45(28)64/h5-18,28-40,42-49,51-52,56-62,64-68,70-71H,19-27,54H2,1-4H3,(H,55,69)/t28-,29-,30-,31+,32+,33+,34-,35-,36+,37+,38-,39?,40+,42?,43-,44+,45+,46+,47-,48-,49+,51?,52?,53+/m0/s1. The Morgan fingerprint density at radius 1 is 0.658 bits per heavy atom. The summed E-state index contributed by atoms with van der Waals surface area (Å²) >= 11 is 0. The molecule has 0 radical (unpaired) electrons. The molecule has 4 rings (SSSR count). The number of carbonyl (C=O) groups excluding carboxylic acids is 2. The number of rotatable bonds is 5. The Balaban J connectivity index is 1.65. The number of nitrogens with one attached hydrogen (secondary N) is 1. The Hall–Kier alpha value is -3.64. The van der Waals surface area contributed by atoms with E-state index in [9.17, 15) is 81.1 Å². The molecule has 23 nitrogen and oxygen atoms in total. The number of cyclic esters (lactones) is 1. The number of esters is 1. The van der Waals surface area contributed by atoms with Crippen LogP contribution in [0.15, 0.2) is 85.1 Å². The van der Waals surface area contributed by atoms with Crippen LogP contribution in [0, 0.1) is 17.8 Å². The molecule has 0 spiro atoms. The molecule has 2 bridgehead atoms. The number of carbonyl (C=O) groups is 2. The van der Waals surface area contributed by atoms with Crippen molar-refractivity contribution in [1.29, 1.82) is 0 Å². The van der Waals surface area contributed by atoms with Crippen LogP contribution in [0.25, 0.3) is 0 Å². The lowest BCUT2D eigenvalue weighted by Gasteiger charge is -2.47. The highest BCUT2D eigenvalue weighted by Gasteiger charge is 2.53. The molecule has 4 aliphatic heterocycles. The van der Waals surface area contributed by atoms with E-state index < -0.39 is 191 Å². The van der Waals surface area contributed by atoms with Crippen molar-refractivity contribution in [1.82, 2.24) is 5.32 Å². The minimum atomic E-state index is -2.46. The van der Waals surface area contributed by atoms with Gasteiger partial charge in [0.15, 0.2) is 18.4 Å². The Labute approximate surface area is 443 Å². The highest BCUT2D eigenvalue weighted by atomic mass is 16.7. The number of hydrogen-bond acceptors (Lipinski definition) is 22. The van der Waals surface area contributed by atoms with Gasteiger partial charge in [0.05, 0.1) is 92.1 Å². The van der Waals surface area contributed by atoms with E-state index >= 15 is 0 Å². The molecule has 432 valence electrons. The van der Waals surface area contributed by atoms with Crippen molar-refractivity contribution in [2.45, 2.75) is 207 Å². The van der Waals surface area contributed by atoms with E-state index in [4.69, 9.17) is 29.4 Å². The van der Waals surface area contributed by atoms with E-state index in [0.29, 0.717) is 0 Å².